The predicted molar refractivity (Wildman–Crippen MR) is 99.8 cm³/mol. The zero-order valence-electron chi connectivity index (χ0n) is 14.8. The van der Waals surface area contributed by atoms with E-state index in [9.17, 15) is 0 Å². The third-order valence-electron chi connectivity index (χ3n) is 4.03. The summed E-state index contributed by atoms with van der Waals surface area (Å²) in [7, 11) is 5.06. The zero-order valence-corrected chi connectivity index (χ0v) is 15.6. The minimum Gasteiger partial charge on any atom is -0.497 e. The fourth-order valence-electron chi connectivity index (χ4n) is 2.74. The fraction of sp³-hybridized carbons (Fsp3) is 0.368. The van der Waals surface area contributed by atoms with Gasteiger partial charge in [-0.25, -0.2) is 0 Å². The van der Waals surface area contributed by atoms with Gasteiger partial charge in [0.2, 0.25) is 0 Å². The lowest BCUT2D eigenvalue weighted by Crippen LogP contribution is -2.25. The first-order chi connectivity index (χ1) is 12.3. The van der Waals surface area contributed by atoms with Crippen LogP contribution in [0.5, 0.6) is 11.5 Å². The Bertz CT molecular complexity index is 669. The maximum absolute atomic E-state index is 5.67. The molecule has 5 nitrogen and oxygen atoms in total. The third kappa shape index (κ3) is 4.03. The van der Waals surface area contributed by atoms with Crippen LogP contribution < -0.4 is 14.4 Å². The average molecular weight is 361 g/mol. The maximum atomic E-state index is 5.67. The average Bonchev–Trinajstić information content (AvgIpc) is 2.66. The molecule has 2 aromatic carbocycles. The molecular formula is C19H23NO4S. The van der Waals surface area contributed by atoms with Gasteiger partial charge in [0.15, 0.2) is 0 Å². The molecule has 0 saturated heterocycles. The Morgan fingerprint density at radius 1 is 0.800 bits per heavy atom. The molecule has 0 saturated carbocycles. The van der Waals surface area contributed by atoms with E-state index in [2.05, 4.69) is 29.2 Å². The fourth-order valence-corrected chi connectivity index (χ4v) is 3.89. The van der Waals surface area contributed by atoms with Crippen LogP contribution >= 0.6 is 11.8 Å². The van der Waals surface area contributed by atoms with Gasteiger partial charge in [-0.05, 0) is 36.4 Å². The molecule has 1 aliphatic rings. The van der Waals surface area contributed by atoms with Crippen LogP contribution in [0.25, 0.3) is 0 Å². The molecule has 0 N–H and O–H groups in total. The number of benzene rings is 2. The summed E-state index contributed by atoms with van der Waals surface area (Å²) in [6.07, 6.45) is 0. The SMILES string of the molecule is COCCOCCN1c2ccc(OC)cc2Sc2cc(OC)ccc21. The van der Waals surface area contributed by atoms with Crippen LogP contribution in [-0.4, -0.2) is 47.7 Å². The summed E-state index contributed by atoms with van der Waals surface area (Å²) in [4.78, 5) is 4.61. The molecule has 0 amide bonds. The summed E-state index contributed by atoms with van der Waals surface area (Å²) in [5.74, 6) is 1.71. The van der Waals surface area contributed by atoms with Crippen molar-refractivity contribution < 1.29 is 18.9 Å². The second kappa shape index (κ2) is 8.47. The van der Waals surface area contributed by atoms with Crippen molar-refractivity contribution in [3.05, 3.63) is 36.4 Å². The lowest BCUT2D eigenvalue weighted by molar-refractivity contribution is 0.0746. The molecule has 0 unspecified atom stereocenters. The number of fused-ring (bicyclic) bond motifs is 2. The highest BCUT2D eigenvalue weighted by Crippen LogP contribution is 2.49. The monoisotopic (exact) mass is 361 g/mol. The number of ether oxygens (including phenoxy) is 4. The van der Waals surface area contributed by atoms with Gasteiger partial charge in [-0.15, -0.1) is 0 Å². The summed E-state index contributed by atoms with van der Waals surface area (Å²) in [6, 6.07) is 12.3. The molecule has 1 aliphatic heterocycles. The second-order valence-electron chi connectivity index (χ2n) is 5.53. The summed E-state index contributed by atoms with van der Waals surface area (Å²) >= 11 is 1.73. The minimum absolute atomic E-state index is 0.601. The van der Waals surface area contributed by atoms with Crippen molar-refractivity contribution in [1.82, 2.24) is 0 Å². The van der Waals surface area contributed by atoms with E-state index in [1.807, 2.05) is 12.1 Å². The highest BCUT2D eigenvalue weighted by molar-refractivity contribution is 7.99. The first-order valence-electron chi connectivity index (χ1n) is 8.15. The summed E-state index contributed by atoms with van der Waals surface area (Å²) in [5.41, 5.74) is 2.33. The number of anilines is 2. The molecule has 0 spiro atoms. The van der Waals surface area contributed by atoms with Gasteiger partial charge in [0, 0.05) is 23.4 Å². The van der Waals surface area contributed by atoms with Crippen molar-refractivity contribution in [3.63, 3.8) is 0 Å². The number of methoxy groups -OCH3 is 3. The molecule has 134 valence electrons. The van der Waals surface area contributed by atoms with Gasteiger partial charge in [0.25, 0.3) is 0 Å². The Hall–Kier alpha value is -1.89. The molecule has 2 aromatic rings. The standard InChI is InChI=1S/C19H23NO4S/c1-21-10-11-24-9-8-20-16-6-4-14(22-2)12-18(16)25-19-13-15(23-3)5-7-17(19)20/h4-7,12-13H,8-11H2,1-3H3. The Labute approximate surface area is 152 Å². The van der Waals surface area contributed by atoms with Crippen LogP contribution in [0.2, 0.25) is 0 Å². The lowest BCUT2D eigenvalue weighted by atomic mass is 10.2. The highest BCUT2D eigenvalue weighted by atomic mass is 32.2. The van der Waals surface area contributed by atoms with Gasteiger partial charge in [-0.1, -0.05) is 11.8 Å². The molecule has 3 rings (SSSR count). The highest BCUT2D eigenvalue weighted by Gasteiger charge is 2.24. The van der Waals surface area contributed by atoms with Crippen LogP contribution in [-0.2, 0) is 9.47 Å². The quantitative estimate of drug-likeness (QED) is 0.663. The first-order valence-corrected chi connectivity index (χ1v) is 8.96. The van der Waals surface area contributed by atoms with Crippen molar-refractivity contribution in [2.75, 3.05) is 52.6 Å². The minimum atomic E-state index is 0.601. The molecule has 6 heteroatoms. The van der Waals surface area contributed by atoms with E-state index in [4.69, 9.17) is 18.9 Å². The molecule has 0 fully saturated rings. The van der Waals surface area contributed by atoms with Gasteiger partial charge in [0.05, 0.1) is 45.4 Å². The lowest BCUT2D eigenvalue weighted by Gasteiger charge is -2.33. The first kappa shape index (κ1) is 17.9. The van der Waals surface area contributed by atoms with Crippen molar-refractivity contribution in [2.24, 2.45) is 0 Å². The second-order valence-corrected chi connectivity index (χ2v) is 6.61. The molecule has 0 atom stereocenters. The van der Waals surface area contributed by atoms with Gasteiger partial charge in [-0.3, -0.25) is 0 Å². The van der Waals surface area contributed by atoms with Gasteiger partial charge in [-0.2, -0.15) is 0 Å². The van der Waals surface area contributed by atoms with E-state index in [-0.39, 0.29) is 0 Å². The Morgan fingerprint density at radius 2 is 1.40 bits per heavy atom. The smallest absolute Gasteiger partial charge is 0.120 e. The van der Waals surface area contributed by atoms with Gasteiger partial charge in [0.1, 0.15) is 11.5 Å². The Kier molecular flexibility index (Phi) is 6.07. The van der Waals surface area contributed by atoms with E-state index in [0.717, 1.165) is 27.8 Å². The Morgan fingerprint density at radius 3 is 1.92 bits per heavy atom. The van der Waals surface area contributed by atoms with Crippen LogP contribution in [0.1, 0.15) is 0 Å². The van der Waals surface area contributed by atoms with E-state index in [0.29, 0.717) is 19.8 Å². The van der Waals surface area contributed by atoms with Crippen molar-refractivity contribution in [3.8, 4) is 11.5 Å². The third-order valence-corrected chi connectivity index (χ3v) is 5.12. The molecular weight excluding hydrogens is 338 g/mol. The Balaban J connectivity index is 1.87. The molecule has 1 heterocycles. The van der Waals surface area contributed by atoms with Gasteiger partial charge < -0.3 is 23.8 Å². The van der Waals surface area contributed by atoms with E-state index < -0.39 is 0 Å². The normalized spacial score (nSPS) is 12.5. The molecule has 25 heavy (non-hydrogen) atoms. The van der Waals surface area contributed by atoms with Gasteiger partial charge >= 0.3 is 0 Å². The number of rotatable bonds is 8. The van der Waals surface area contributed by atoms with Crippen LogP contribution in [0, 0.1) is 0 Å². The van der Waals surface area contributed by atoms with Crippen molar-refractivity contribution >= 4 is 23.1 Å². The van der Waals surface area contributed by atoms with Crippen molar-refractivity contribution in [2.45, 2.75) is 9.79 Å². The predicted octanol–water partition coefficient (Wildman–Crippen LogP) is 3.97. The number of hydrogen-bond acceptors (Lipinski definition) is 6. The number of nitrogens with zero attached hydrogens (tertiary/aromatic N) is 1. The van der Waals surface area contributed by atoms with Crippen LogP contribution in [0.4, 0.5) is 11.4 Å². The summed E-state index contributed by atoms with van der Waals surface area (Å²) < 4.78 is 21.5. The van der Waals surface area contributed by atoms with Crippen molar-refractivity contribution in [1.29, 1.82) is 0 Å². The molecule has 0 aromatic heterocycles. The summed E-state index contributed by atoms with van der Waals surface area (Å²) in [6.45, 7) is 2.61. The van der Waals surface area contributed by atoms with E-state index in [1.165, 1.54) is 11.4 Å². The summed E-state index contributed by atoms with van der Waals surface area (Å²) in [5, 5.41) is 0. The van der Waals surface area contributed by atoms with Crippen LogP contribution in [0.15, 0.2) is 46.2 Å². The molecule has 0 bridgehead atoms. The number of hydrogen-bond donors (Lipinski definition) is 0. The van der Waals surface area contributed by atoms with Crippen LogP contribution in [0.3, 0.4) is 0 Å². The topological polar surface area (TPSA) is 40.2 Å². The molecule has 0 aliphatic carbocycles. The maximum Gasteiger partial charge on any atom is 0.120 e. The molecule has 0 radical (unpaired) electrons. The van der Waals surface area contributed by atoms with E-state index in [1.54, 1.807) is 33.1 Å². The van der Waals surface area contributed by atoms with E-state index >= 15 is 0 Å². The largest absolute Gasteiger partial charge is 0.497 e. The zero-order chi connectivity index (χ0) is 17.6.